The number of nitrogens with one attached hydrogen (secondary N) is 1. The van der Waals surface area contributed by atoms with Crippen LogP contribution in [0.3, 0.4) is 0 Å². The molecule has 1 aromatic carbocycles. The highest BCUT2D eigenvalue weighted by Crippen LogP contribution is 2.23. The molecule has 0 aliphatic carbocycles. The van der Waals surface area contributed by atoms with Crippen LogP contribution in [0.4, 0.5) is 0 Å². The maximum Gasteiger partial charge on any atom is 0.0966 e. The Labute approximate surface area is 85.3 Å². The van der Waals surface area contributed by atoms with Crippen LogP contribution in [0.25, 0.3) is 0 Å². The second-order valence-electron chi connectivity index (χ2n) is 4.09. The van der Waals surface area contributed by atoms with Crippen LogP contribution in [0.5, 0.6) is 0 Å². The highest BCUT2D eigenvalue weighted by molar-refractivity contribution is 5.28. The molecule has 0 saturated carbocycles. The molecule has 1 heterocycles. The van der Waals surface area contributed by atoms with Crippen molar-refractivity contribution >= 4 is 0 Å². The number of aryl methyl sites for hydroxylation is 1. The third kappa shape index (κ3) is 1.68. The van der Waals surface area contributed by atoms with Crippen molar-refractivity contribution in [1.82, 2.24) is 5.32 Å². The van der Waals surface area contributed by atoms with Gasteiger partial charge in [0.05, 0.1) is 5.60 Å². The minimum absolute atomic E-state index is 0.0477. The molecule has 1 aliphatic heterocycles. The van der Waals surface area contributed by atoms with E-state index in [-0.39, 0.29) is 5.60 Å². The van der Waals surface area contributed by atoms with E-state index in [1.807, 2.05) is 0 Å². The van der Waals surface area contributed by atoms with Crippen LogP contribution < -0.4 is 5.32 Å². The van der Waals surface area contributed by atoms with Crippen molar-refractivity contribution in [2.24, 2.45) is 0 Å². The van der Waals surface area contributed by atoms with E-state index in [2.05, 4.69) is 36.5 Å². The molecule has 1 N–H and O–H groups in total. The fraction of sp³-hybridized carbons (Fsp3) is 0.500. The highest BCUT2D eigenvalue weighted by Gasteiger charge is 2.37. The lowest BCUT2D eigenvalue weighted by atomic mass is 9.87. The van der Waals surface area contributed by atoms with Crippen LogP contribution in [0, 0.1) is 6.92 Å². The summed E-state index contributed by atoms with van der Waals surface area (Å²) in [5.41, 5.74) is 2.80. The summed E-state index contributed by atoms with van der Waals surface area (Å²) >= 11 is 0. The van der Waals surface area contributed by atoms with E-state index in [1.54, 1.807) is 7.11 Å². The van der Waals surface area contributed by atoms with E-state index >= 15 is 0 Å². The third-order valence-corrected chi connectivity index (χ3v) is 3.10. The van der Waals surface area contributed by atoms with Crippen LogP contribution in [0.2, 0.25) is 0 Å². The lowest BCUT2D eigenvalue weighted by molar-refractivity contribution is -0.0503. The second-order valence-corrected chi connectivity index (χ2v) is 4.09. The summed E-state index contributed by atoms with van der Waals surface area (Å²) in [5.74, 6) is 0. The number of methoxy groups -OCH3 is 1. The summed E-state index contributed by atoms with van der Waals surface area (Å²) in [5, 5.41) is 3.27. The molecule has 0 amide bonds. The van der Waals surface area contributed by atoms with Crippen LogP contribution in [0.1, 0.15) is 11.1 Å². The van der Waals surface area contributed by atoms with Gasteiger partial charge >= 0.3 is 0 Å². The van der Waals surface area contributed by atoms with Crippen molar-refractivity contribution in [1.29, 1.82) is 0 Å². The predicted octanol–water partition coefficient (Wildman–Crippen LogP) is 1.53. The molecule has 0 radical (unpaired) electrons. The normalized spacial score (nSPS) is 19.0. The lowest BCUT2D eigenvalue weighted by Crippen LogP contribution is -2.61. The van der Waals surface area contributed by atoms with Crippen molar-refractivity contribution in [2.75, 3.05) is 20.2 Å². The minimum Gasteiger partial charge on any atom is -0.375 e. The summed E-state index contributed by atoms with van der Waals surface area (Å²) in [6.07, 6.45) is 1.02. The van der Waals surface area contributed by atoms with Crippen LogP contribution in [0.15, 0.2) is 24.3 Å². The summed E-state index contributed by atoms with van der Waals surface area (Å²) in [6, 6.07) is 8.52. The Balaban J connectivity index is 2.13. The Morgan fingerprint density at radius 3 is 2.57 bits per heavy atom. The standard InChI is InChI=1S/C12H17NO/c1-10-5-3-4-6-11(10)7-12(14-2)8-13-9-12/h3-6,13H,7-9H2,1-2H3. The van der Waals surface area contributed by atoms with E-state index in [9.17, 15) is 0 Å². The highest BCUT2D eigenvalue weighted by atomic mass is 16.5. The van der Waals surface area contributed by atoms with E-state index in [0.717, 1.165) is 19.5 Å². The maximum absolute atomic E-state index is 5.57. The average molecular weight is 191 g/mol. The molecule has 0 aromatic heterocycles. The Bertz CT molecular complexity index is 312. The smallest absolute Gasteiger partial charge is 0.0966 e. The molecule has 2 rings (SSSR count). The van der Waals surface area contributed by atoms with Gasteiger partial charge in [-0.25, -0.2) is 0 Å². The molecule has 2 heteroatoms. The summed E-state index contributed by atoms with van der Waals surface area (Å²) in [7, 11) is 1.80. The Hall–Kier alpha value is -0.860. The van der Waals surface area contributed by atoms with Gasteiger partial charge in [-0.3, -0.25) is 0 Å². The van der Waals surface area contributed by atoms with E-state index in [0.29, 0.717) is 0 Å². The first-order valence-corrected chi connectivity index (χ1v) is 5.06. The predicted molar refractivity (Wildman–Crippen MR) is 57.5 cm³/mol. The molecule has 0 spiro atoms. The van der Waals surface area contributed by atoms with Crippen LogP contribution >= 0.6 is 0 Å². The number of hydrogen-bond acceptors (Lipinski definition) is 2. The number of benzene rings is 1. The van der Waals surface area contributed by atoms with Crippen LogP contribution in [-0.4, -0.2) is 25.8 Å². The molecule has 2 nitrogen and oxygen atoms in total. The Morgan fingerprint density at radius 1 is 1.36 bits per heavy atom. The van der Waals surface area contributed by atoms with Gasteiger partial charge in [-0.1, -0.05) is 24.3 Å². The molecule has 0 atom stereocenters. The first-order valence-electron chi connectivity index (χ1n) is 5.06. The zero-order chi connectivity index (χ0) is 10.0. The first kappa shape index (κ1) is 9.69. The van der Waals surface area contributed by atoms with E-state index < -0.39 is 0 Å². The van der Waals surface area contributed by atoms with Gasteiger partial charge in [-0.2, -0.15) is 0 Å². The molecular formula is C12H17NO. The van der Waals surface area contributed by atoms with Gasteiger partial charge in [-0.15, -0.1) is 0 Å². The van der Waals surface area contributed by atoms with Gasteiger partial charge in [0.2, 0.25) is 0 Å². The SMILES string of the molecule is COC1(Cc2ccccc2C)CNC1. The molecular weight excluding hydrogens is 174 g/mol. The molecule has 1 aromatic rings. The minimum atomic E-state index is 0.0477. The molecule has 1 fully saturated rings. The fourth-order valence-corrected chi connectivity index (χ4v) is 1.90. The van der Waals surface area contributed by atoms with Gasteiger partial charge in [-0.05, 0) is 18.1 Å². The molecule has 1 saturated heterocycles. The maximum atomic E-state index is 5.57. The van der Waals surface area contributed by atoms with Crippen molar-refractivity contribution in [3.8, 4) is 0 Å². The second kappa shape index (κ2) is 3.71. The third-order valence-electron chi connectivity index (χ3n) is 3.10. The first-order chi connectivity index (χ1) is 6.76. The largest absolute Gasteiger partial charge is 0.375 e. The quantitative estimate of drug-likeness (QED) is 0.782. The Morgan fingerprint density at radius 2 is 2.07 bits per heavy atom. The molecule has 0 unspecified atom stereocenters. The van der Waals surface area contributed by atoms with Crippen LogP contribution in [-0.2, 0) is 11.2 Å². The van der Waals surface area contributed by atoms with Gasteiger partial charge in [0.25, 0.3) is 0 Å². The number of rotatable bonds is 3. The molecule has 0 bridgehead atoms. The molecule has 14 heavy (non-hydrogen) atoms. The fourth-order valence-electron chi connectivity index (χ4n) is 1.90. The average Bonchev–Trinajstić information content (AvgIpc) is 2.14. The topological polar surface area (TPSA) is 21.3 Å². The van der Waals surface area contributed by atoms with Crippen molar-refractivity contribution in [2.45, 2.75) is 18.9 Å². The van der Waals surface area contributed by atoms with Gasteiger partial charge in [0.1, 0.15) is 0 Å². The van der Waals surface area contributed by atoms with Crippen molar-refractivity contribution < 1.29 is 4.74 Å². The summed E-state index contributed by atoms with van der Waals surface area (Å²) in [4.78, 5) is 0. The van der Waals surface area contributed by atoms with E-state index in [1.165, 1.54) is 11.1 Å². The van der Waals surface area contributed by atoms with Gasteiger partial charge in [0, 0.05) is 26.6 Å². The lowest BCUT2D eigenvalue weighted by Gasteiger charge is -2.41. The monoisotopic (exact) mass is 191 g/mol. The van der Waals surface area contributed by atoms with Gasteiger partial charge < -0.3 is 10.1 Å². The zero-order valence-corrected chi connectivity index (χ0v) is 8.84. The van der Waals surface area contributed by atoms with Gasteiger partial charge in [0.15, 0.2) is 0 Å². The summed E-state index contributed by atoms with van der Waals surface area (Å²) in [6.45, 7) is 4.10. The number of ether oxygens (including phenoxy) is 1. The molecule has 1 aliphatic rings. The zero-order valence-electron chi connectivity index (χ0n) is 8.84. The molecule has 76 valence electrons. The Kier molecular flexibility index (Phi) is 2.57. The summed E-state index contributed by atoms with van der Waals surface area (Å²) < 4.78 is 5.57. The number of hydrogen-bond donors (Lipinski definition) is 1. The van der Waals surface area contributed by atoms with E-state index in [4.69, 9.17) is 4.74 Å². The van der Waals surface area contributed by atoms with Crippen molar-refractivity contribution in [3.63, 3.8) is 0 Å². The van der Waals surface area contributed by atoms with Crippen molar-refractivity contribution in [3.05, 3.63) is 35.4 Å².